The van der Waals surface area contributed by atoms with Crippen LogP contribution in [-0.4, -0.2) is 57.3 Å². The van der Waals surface area contributed by atoms with Gasteiger partial charge in [-0.05, 0) is 138 Å². The molecular weight excluding hydrogens is 1470 g/mol. The number of benzene rings is 17. The molecule has 25 rings (SSSR count). The van der Waals surface area contributed by atoms with Crippen molar-refractivity contribution in [2.24, 2.45) is 0 Å². The fourth-order valence-electron chi connectivity index (χ4n) is 19.2. The number of hydrogen-bond acceptors (Lipinski definition) is 6. The molecule has 0 spiro atoms. The van der Waals surface area contributed by atoms with Crippen molar-refractivity contribution >= 4 is 131 Å². The normalized spacial score (nSPS) is 12.0. The van der Waals surface area contributed by atoms with Gasteiger partial charge in [0, 0.05) is 98.3 Å². The van der Waals surface area contributed by atoms with Gasteiger partial charge in [-0.1, -0.05) is 285 Å². The minimum Gasteiger partial charge on any atom is -0.309 e. The van der Waals surface area contributed by atoms with Gasteiger partial charge < -0.3 is 18.3 Å². The third-order valence-corrected chi connectivity index (χ3v) is 24.3. The van der Waals surface area contributed by atoms with Crippen molar-refractivity contribution in [3.8, 4) is 102 Å². The van der Waals surface area contributed by atoms with Crippen LogP contribution >= 0.6 is 0 Å². The largest absolute Gasteiger partial charge is 0.309 e. The molecule has 0 aliphatic carbocycles. The maximum atomic E-state index is 5.56. The monoisotopic (exact) mass is 1530 g/mol. The third kappa shape index (κ3) is 10.2. The lowest BCUT2D eigenvalue weighted by Crippen LogP contribution is -2.06. The molecular formula is C108H66N12. The fourth-order valence-corrected chi connectivity index (χ4v) is 19.2. The summed E-state index contributed by atoms with van der Waals surface area (Å²) in [5.74, 6) is 3.40. The van der Waals surface area contributed by atoms with Gasteiger partial charge in [0.25, 0.3) is 0 Å². The Bertz CT molecular complexity index is 8450. The summed E-state index contributed by atoms with van der Waals surface area (Å²) in [6.45, 7) is 0. The van der Waals surface area contributed by atoms with Gasteiger partial charge >= 0.3 is 0 Å². The van der Waals surface area contributed by atoms with Crippen LogP contribution in [0.15, 0.2) is 400 Å². The van der Waals surface area contributed by atoms with Crippen LogP contribution in [0.5, 0.6) is 0 Å². The van der Waals surface area contributed by atoms with Gasteiger partial charge in [0.1, 0.15) is 0 Å². The summed E-state index contributed by atoms with van der Waals surface area (Å²) in [7, 11) is 0. The van der Waals surface area contributed by atoms with Crippen LogP contribution in [0.1, 0.15) is 0 Å². The summed E-state index contributed by atoms with van der Waals surface area (Å²) in [6, 6.07) is 143. The Kier molecular flexibility index (Phi) is 14.8. The number of aromatic nitrogens is 12. The number of para-hydroxylation sites is 7. The highest BCUT2D eigenvalue weighted by molar-refractivity contribution is 6.31. The standard InChI is InChI=1S/C108H66N12/c1-6-30-67(31-7-1)73-64-74(66-76(65-73)116-84-47-23-19-43-80(84)100-94(116)61-63-96-102(100)82-45-21-25-49-86(82)118(96)90-53-28-54-91-97(90)77-40-16-26-50-87(77)119(91)107-111-103(69-32-8-2-9-33-69)109-104(112-107)70-34-10-3-11-35-70)68-56-58-72(59-57-68)106-110-105(71-36-12-4-13-37-71)113-108(114-106)120-88-51-27-17-41-78(88)98-89(52-29-55-92(98)120)117-85-48-24-20-44-81(85)101-95(117)62-60-93-99(101)79-42-18-22-46-83(79)115(93)75-38-14-5-15-39-75/h1-66H. The van der Waals surface area contributed by atoms with Crippen molar-refractivity contribution in [1.82, 2.24) is 57.3 Å². The van der Waals surface area contributed by atoms with E-state index in [1.165, 1.54) is 37.8 Å². The van der Waals surface area contributed by atoms with Gasteiger partial charge in [-0.3, -0.25) is 9.13 Å². The highest BCUT2D eigenvalue weighted by atomic mass is 15.2. The van der Waals surface area contributed by atoms with E-state index in [1.54, 1.807) is 0 Å². The van der Waals surface area contributed by atoms with Crippen LogP contribution in [0, 0.1) is 0 Å². The van der Waals surface area contributed by atoms with E-state index in [0.29, 0.717) is 35.2 Å². The quantitative estimate of drug-likeness (QED) is 0.121. The number of nitrogens with zero attached hydrogens (tertiary/aromatic N) is 12. The Morgan fingerprint density at radius 1 is 0.142 bits per heavy atom. The fraction of sp³-hybridized carbons (Fsp3) is 0. The highest BCUT2D eigenvalue weighted by Gasteiger charge is 2.29. The molecule has 0 amide bonds. The average Bonchev–Trinajstić information content (AvgIpc) is 1.54. The topological polar surface area (TPSA) is 107 Å². The molecule has 0 fully saturated rings. The molecule has 17 aromatic carbocycles. The molecule has 0 unspecified atom stereocenters. The number of fused-ring (bicyclic) bond motifs is 20. The zero-order valence-corrected chi connectivity index (χ0v) is 64.5. The zero-order valence-electron chi connectivity index (χ0n) is 64.5. The summed E-state index contributed by atoms with van der Waals surface area (Å²) in [6.07, 6.45) is 0. The van der Waals surface area contributed by atoms with Crippen molar-refractivity contribution < 1.29 is 0 Å². The molecule has 0 atom stereocenters. The van der Waals surface area contributed by atoms with Crippen LogP contribution < -0.4 is 0 Å². The molecule has 0 bridgehead atoms. The van der Waals surface area contributed by atoms with Crippen LogP contribution in [0.25, 0.3) is 233 Å². The van der Waals surface area contributed by atoms with Gasteiger partial charge in [-0.25, -0.2) is 9.97 Å². The van der Waals surface area contributed by atoms with Gasteiger partial charge in [-0.15, -0.1) is 0 Å². The van der Waals surface area contributed by atoms with E-state index >= 15 is 0 Å². The molecule has 0 radical (unpaired) electrons. The molecule has 25 aromatic rings. The van der Waals surface area contributed by atoms with E-state index in [1.807, 2.05) is 54.6 Å². The maximum absolute atomic E-state index is 5.56. The molecule has 558 valence electrons. The molecule has 12 nitrogen and oxygen atoms in total. The first-order chi connectivity index (χ1) is 59.6. The minimum absolute atomic E-state index is 0.520. The highest BCUT2D eigenvalue weighted by Crippen LogP contribution is 2.49. The van der Waals surface area contributed by atoms with E-state index in [2.05, 4.69) is 373 Å². The summed E-state index contributed by atoms with van der Waals surface area (Å²) >= 11 is 0. The molecule has 0 aliphatic heterocycles. The smallest absolute Gasteiger partial charge is 0.238 e. The van der Waals surface area contributed by atoms with Gasteiger partial charge in [-0.2, -0.15) is 19.9 Å². The summed E-state index contributed by atoms with van der Waals surface area (Å²) < 4.78 is 14.3. The molecule has 8 heterocycles. The summed E-state index contributed by atoms with van der Waals surface area (Å²) in [5.41, 5.74) is 25.1. The Morgan fingerprint density at radius 2 is 0.392 bits per heavy atom. The van der Waals surface area contributed by atoms with Gasteiger partial charge in [0.05, 0.1) is 77.6 Å². The van der Waals surface area contributed by atoms with E-state index < -0.39 is 0 Å². The van der Waals surface area contributed by atoms with E-state index in [4.69, 9.17) is 29.9 Å². The molecule has 0 saturated carbocycles. The van der Waals surface area contributed by atoms with Crippen LogP contribution in [-0.2, 0) is 0 Å². The second kappa shape index (κ2) is 26.6. The number of hydrogen-bond donors (Lipinski definition) is 0. The predicted octanol–water partition coefficient (Wildman–Crippen LogP) is 26.6. The Morgan fingerprint density at radius 3 is 0.758 bits per heavy atom. The van der Waals surface area contributed by atoms with Crippen LogP contribution in [0.3, 0.4) is 0 Å². The Balaban J connectivity index is 0.634. The maximum Gasteiger partial charge on any atom is 0.238 e. The second-order valence-corrected chi connectivity index (χ2v) is 30.9. The lowest BCUT2D eigenvalue weighted by molar-refractivity contribution is 0.953. The molecule has 0 N–H and O–H groups in total. The lowest BCUT2D eigenvalue weighted by Gasteiger charge is -2.15. The van der Waals surface area contributed by atoms with Gasteiger partial charge in [0.2, 0.25) is 11.9 Å². The van der Waals surface area contributed by atoms with Gasteiger partial charge in [0.15, 0.2) is 23.3 Å². The molecule has 12 heteroatoms. The molecule has 8 aromatic heterocycles. The van der Waals surface area contributed by atoms with Crippen molar-refractivity contribution in [3.05, 3.63) is 400 Å². The predicted molar refractivity (Wildman–Crippen MR) is 492 cm³/mol. The molecule has 120 heavy (non-hydrogen) atoms. The van der Waals surface area contributed by atoms with E-state index in [0.717, 1.165) is 160 Å². The van der Waals surface area contributed by atoms with Crippen LogP contribution in [0.2, 0.25) is 0 Å². The van der Waals surface area contributed by atoms with Crippen molar-refractivity contribution in [1.29, 1.82) is 0 Å². The molecule has 0 aliphatic rings. The lowest BCUT2D eigenvalue weighted by atomic mass is 9.97. The zero-order chi connectivity index (χ0) is 78.6. The second-order valence-electron chi connectivity index (χ2n) is 30.9. The first-order valence-electron chi connectivity index (χ1n) is 40.6. The minimum atomic E-state index is 0.520. The Labute approximate surface area is 686 Å². The summed E-state index contributed by atoms with van der Waals surface area (Å²) in [5, 5.41) is 13.9. The summed E-state index contributed by atoms with van der Waals surface area (Å²) in [4.78, 5) is 32.1. The van der Waals surface area contributed by atoms with Crippen molar-refractivity contribution in [2.45, 2.75) is 0 Å². The molecule has 0 saturated heterocycles. The first-order valence-corrected chi connectivity index (χ1v) is 40.6. The average molecular weight is 1530 g/mol. The van der Waals surface area contributed by atoms with E-state index in [-0.39, 0.29) is 0 Å². The van der Waals surface area contributed by atoms with Crippen molar-refractivity contribution in [2.75, 3.05) is 0 Å². The Hall–Kier alpha value is -16.4. The van der Waals surface area contributed by atoms with E-state index in [9.17, 15) is 0 Å². The first kappa shape index (κ1) is 66.9. The third-order valence-electron chi connectivity index (χ3n) is 24.3. The SMILES string of the molecule is c1ccc(-c2cc(-c3ccc(-c4nc(-c5ccccc5)nc(-n5c6ccccc6c6c(-n7c8ccccc8c8c9c%10ccccc%10n(-c%10ccccc%10)c9ccc87)cccc65)n4)cc3)cc(-n3c4ccccc4c4c5c6ccccc6n(-c6cccc7c6c6ccccc6n7-c6nc(-c7ccccc7)nc(-c7ccccc7)n6)c5ccc43)c2)cc1. The number of rotatable bonds is 12. The van der Waals surface area contributed by atoms with Crippen molar-refractivity contribution in [3.63, 3.8) is 0 Å². The van der Waals surface area contributed by atoms with Crippen LogP contribution in [0.4, 0.5) is 0 Å².